The summed E-state index contributed by atoms with van der Waals surface area (Å²) in [6.07, 6.45) is 2.08. The molecule has 3 aromatic heterocycles. The first kappa shape index (κ1) is 19.2. The largest absolute Gasteiger partial charge is 0.361 e. The Kier molecular flexibility index (Phi) is 5.10. The number of aromatic nitrogens is 3. The molecule has 4 rings (SSSR count). The molecule has 1 amide bonds. The lowest BCUT2D eigenvalue weighted by molar-refractivity contribution is 0.0963. The smallest absolute Gasteiger partial charge is 0.251 e. The van der Waals surface area contributed by atoms with E-state index in [1.807, 2.05) is 0 Å². The minimum absolute atomic E-state index is 0.131. The van der Waals surface area contributed by atoms with Gasteiger partial charge in [0, 0.05) is 31.4 Å². The molecule has 2 atom stereocenters. The second kappa shape index (κ2) is 7.70. The number of piperidine rings is 1. The number of fused-ring (bicyclic) bond motifs is 1. The molecule has 0 unspecified atom stereocenters. The van der Waals surface area contributed by atoms with Crippen molar-refractivity contribution in [2.24, 2.45) is 0 Å². The monoisotopic (exact) mass is 404 g/mol. The van der Waals surface area contributed by atoms with Crippen molar-refractivity contribution >= 4 is 17.4 Å². The molecule has 7 nitrogen and oxygen atoms in total. The van der Waals surface area contributed by atoms with Crippen LogP contribution in [0.1, 0.15) is 16.8 Å². The number of hydrogen-bond acceptors (Lipinski definition) is 5. The van der Waals surface area contributed by atoms with Gasteiger partial charge in [0.15, 0.2) is 17.5 Å². The van der Waals surface area contributed by atoms with Crippen LogP contribution in [0.3, 0.4) is 0 Å². The number of nitrogens with zero attached hydrogens (tertiary/aromatic N) is 3. The van der Waals surface area contributed by atoms with Crippen molar-refractivity contribution in [2.75, 3.05) is 25.5 Å². The van der Waals surface area contributed by atoms with E-state index in [-0.39, 0.29) is 23.1 Å². The Bertz CT molecular complexity index is 1070. The molecule has 0 spiro atoms. The van der Waals surface area contributed by atoms with E-state index in [9.17, 15) is 18.0 Å². The molecule has 3 N–H and O–H groups in total. The Balaban J connectivity index is 1.72. The maximum Gasteiger partial charge on any atom is 0.251 e. The molecule has 4 heterocycles. The lowest BCUT2D eigenvalue weighted by Crippen LogP contribution is -2.46. The van der Waals surface area contributed by atoms with Crippen LogP contribution in [-0.4, -0.2) is 52.6 Å². The van der Waals surface area contributed by atoms with Crippen LogP contribution in [0.15, 0.2) is 30.6 Å². The Labute approximate surface area is 164 Å². The van der Waals surface area contributed by atoms with Crippen molar-refractivity contribution in [3.63, 3.8) is 0 Å². The fourth-order valence-electron chi connectivity index (χ4n) is 3.33. The maximum atomic E-state index is 14.5. The van der Waals surface area contributed by atoms with Crippen LogP contribution >= 0.6 is 0 Å². The van der Waals surface area contributed by atoms with Gasteiger partial charge in [0.05, 0.1) is 17.9 Å². The second-order valence-electron chi connectivity index (χ2n) is 6.78. The SMILES string of the molecule is CNC(=O)c1ccn2c(-c3nc(N[C@H]4CNCC[C@@H]4F)c(F)cc3F)cnc2c1. The van der Waals surface area contributed by atoms with Crippen LogP contribution in [0.4, 0.5) is 19.0 Å². The van der Waals surface area contributed by atoms with E-state index in [1.54, 1.807) is 22.7 Å². The molecule has 0 aromatic carbocycles. The van der Waals surface area contributed by atoms with Crippen molar-refractivity contribution in [1.29, 1.82) is 0 Å². The van der Waals surface area contributed by atoms with E-state index in [2.05, 4.69) is 25.9 Å². The topological polar surface area (TPSA) is 83.4 Å². The van der Waals surface area contributed by atoms with Crippen LogP contribution in [0, 0.1) is 11.6 Å². The van der Waals surface area contributed by atoms with Crippen molar-refractivity contribution in [3.8, 4) is 11.4 Å². The van der Waals surface area contributed by atoms with E-state index in [0.717, 1.165) is 0 Å². The number of alkyl halides is 1. The summed E-state index contributed by atoms with van der Waals surface area (Å²) in [5.74, 6) is -2.28. The summed E-state index contributed by atoms with van der Waals surface area (Å²) < 4.78 is 44.4. The van der Waals surface area contributed by atoms with Crippen LogP contribution in [-0.2, 0) is 0 Å². The third-order valence-electron chi connectivity index (χ3n) is 4.89. The van der Waals surface area contributed by atoms with Gasteiger partial charge in [-0.15, -0.1) is 0 Å². The zero-order chi connectivity index (χ0) is 20.5. The molecular formula is C19H19F3N6O. The summed E-state index contributed by atoms with van der Waals surface area (Å²) in [5, 5.41) is 8.28. The van der Waals surface area contributed by atoms with Gasteiger partial charge in [-0.3, -0.25) is 9.20 Å². The molecule has 152 valence electrons. The number of pyridine rings is 2. The van der Waals surface area contributed by atoms with Crippen molar-refractivity contribution in [1.82, 2.24) is 25.0 Å². The number of anilines is 1. The van der Waals surface area contributed by atoms with Gasteiger partial charge in [0.2, 0.25) is 0 Å². The van der Waals surface area contributed by atoms with Gasteiger partial charge in [-0.25, -0.2) is 23.1 Å². The summed E-state index contributed by atoms with van der Waals surface area (Å²) in [7, 11) is 1.51. The summed E-state index contributed by atoms with van der Waals surface area (Å²) in [6, 6.07) is 3.15. The van der Waals surface area contributed by atoms with E-state index in [4.69, 9.17) is 0 Å². The summed E-state index contributed by atoms with van der Waals surface area (Å²) in [6.45, 7) is 0.858. The zero-order valence-corrected chi connectivity index (χ0v) is 15.5. The van der Waals surface area contributed by atoms with E-state index >= 15 is 0 Å². The zero-order valence-electron chi connectivity index (χ0n) is 15.5. The van der Waals surface area contributed by atoms with Gasteiger partial charge in [0.1, 0.15) is 17.5 Å². The van der Waals surface area contributed by atoms with Gasteiger partial charge in [-0.05, 0) is 25.1 Å². The molecule has 3 aromatic rings. The first-order valence-electron chi connectivity index (χ1n) is 9.15. The Morgan fingerprint density at radius 3 is 2.90 bits per heavy atom. The normalized spacial score (nSPS) is 19.3. The molecule has 1 aliphatic rings. The molecule has 1 fully saturated rings. The fraction of sp³-hybridized carbons (Fsp3) is 0.316. The second-order valence-corrected chi connectivity index (χ2v) is 6.78. The predicted octanol–water partition coefficient (Wildman–Crippen LogP) is 2.15. The molecule has 10 heteroatoms. The number of imidazole rings is 1. The van der Waals surface area contributed by atoms with Crippen molar-refractivity contribution in [2.45, 2.75) is 18.6 Å². The lowest BCUT2D eigenvalue weighted by Gasteiger charge is -2.28. The lowest BCUT2D eigenvalue weighted by atomic mass is 10.1. The summed E-state index contributed by atoms with van der Waals surface area (Å²) in [5.41, 5.74) is 0.947. The quantitative estimate of drug-likeness (QED) is 0.621. The fourth-order valence-corrected chi connectivity index (χ4v) is 3.33. The highest BCUT2D eigenvalue weighted by Gasteiger charge is 2.26. The molecule has 0 radical (unpaired) electrons. The van der Waals surface area contributed by atoms with Gasteiger partial charge < -0.3 is 16.0 Å². The molecule has 0 aliphatic carbocycles. The Morgan fingerprint density at radius 1 is 1.31 bits per heavy atom. The highest BCUT2D eigenvalue weighted by atomic mass is 19.1. The van der Waals surface area contributed by atoms with Crippen LogP contribution in [0.5, 0.6) is 0 Å². The number of halogens is 3. The molecular weight excluding hydrogens is 385 g/mol. The van der Waals surface area contributed by atoms with Crippen molar-refractivity contribution < 1.29 is 18.0 Å². The predicted molar refractivity (Wildman–Crippen MR) is 102 cm³/mol. The third kappa shape index (κ3) is 3.63. The average molecular weight is 404 g/mol. The van der Waals surface area contributed by atoms with E-state index in [1.165, 1.54) is 13.2 Å². The number of carbonyl (C=O) groups excluding carboxylic acids is 1. The Hall–Kier alpha value is -3.14. The maximum absolute atomic E-state index is 14.5. The first-order valence-corrected chi connectivity index (χ1v) is 9.15. The Morgan fingerprint density at radius 2 is 2.14 bits per heavy atom. The third-order valence-corrected chi connectivity index (χ3v) is 4.89. The highest BCUT2D eigenvalue weighted by molar-refractivity contribution is 5.94. The van der Waals surface area contributed by atoms with Gasteiger partial charge in [-0.1, -0.05) is 0 Å². The summed E-state index contributed by atoms with van der Waals surface area (Å²) >= 11 is 0. The number of carbonyl (C=O) groups is 1. The van der Waals surface area contributed by atoms with Gasteiger partial charge in [0.25, 0.3) is 5.91 Å². The number of amides is 1. The summed E-state index contributed by atoms with van der Waals surface area (Å²) in [4.78, 5) is 20.0. The highest BCUT2D eigenvalue weighted by Crippen LogP contribution is 2.27. The van der Waals surface area contributed by atoms with Crippen LogP contribution < -0.4 is 16.0 Å². The van der Waals surface area contributed by atoms with E-state index in [0.29, 0.717) is 36.8 Å². The minimum atomic E-state index is -1.16. The molecule has 1 aliphatic heterocycles. The number of nitrogens with one attached hydrogen (secondary N) is 3. The van der Waals surface area contributed by atoms with Crippen molar-refractivity contribution in [3.05, 3.63) is 47.8 Å². The number of rotatable bonds is 4. The standard InChI is InChI=1S/C19H19F3N6O/c1-23-19(29)10-3-5-28-15(9-25-16(28)6-10)17-12(21)7-13(22)18(27-17)26-14-8-24-4-2-11(14)20/h3,5-7,9,11,14,24H,2,4,8H2,1H3,(H,23,29)(H,26,27)/t11-,14-/m0/s1. The molecule has 1 saturated heterocycles. The molecule has 0 bridgehead atoms. The average Bonchev–Trinajstić information content (AvgIpc) is 3.14. The molecule has 0 saturated carbocycles. The van der Waals surface area contributed by atoms with E-state index < -0.39 is 23.8 Å². The van der Waals surface area contributed by atoms with Crippen LogP contribution in [0.2, 0.25) is 0 Å². The van der Waals surface area contributed by atoms with Gasteiger partial charge in [-0.2, -0.15) is 0 Å². The first-order chi connectivity index (χ1) is 14.0. The number of hydrogen-bond donors (Lipinski definition) is 3. The minimum Gasteiger partial charge on any atom is -0.361 e. The molecule has 29 heavy (non-hydrogen) atoms. The van der Waals surface area contributed by atoms with Crippen LogP contribution in [0.25, 0.3) is 17.0 Å². The van der Waals surface area contributed by atoms with Gasteiger partial charge >= 0.3 is 0 Å².